The Bertz CT molecular complexity index is 580. The van der Waals surface area contributed by atoms with Crippen molar-refractivity contribution in [2.45, 2.75) is 6.54 Å². The number of rotatable bonds is 3. The number of likely N-dealkylation sites (N-methyl/N-ethyl adjacent to an activating group) is 1. The third-order valence-electron chi connectivity index (χ3n) is 3.08. The lowest BCUT2D eigenvalue weighted by atomic mass is 10.3. The van der Waals surface area contributed by atoms with Gasteiger partial charge < -0.3 is 10.2 Å². The van der Waals surface area contributed by atoms with E-state index in [2.05, 4.69) is 25.3 Å². The molecule has 2 heterocycles. The summed E-state index contributed by atoms with van der Waals surface area (Å²) in [4.78, 5) is 10.8. The van der Waals surface area contributed by atoms with Crippen LogP contribution in [0.5, 0.6) is 0 Å². The molecule has 0 atom stereocenters. The first kappa shape index (κ1) is 14.8. The van der Waals surface area contributed by atoms with Crippen LogP contribution < -0.4 is 5.32 Å². The van der Waals surface area contributed by atoms with Crippen LogP contribution in [-0.4, -0.2) is 45.8 Å². The standard InChI is InChI=1S/C13H16N6.HI/c1-18-8-7-14-13(18)15-9-12-16-10-17-19(12)11-5-3-2-4-6-11;/h2-6,10H,7-9H2,1H3,(H,14,15);1H. The van der Waals surface area contributed by atoms with Crippen molar-refractivity contribution in [2.24, 2.45) is 4.99 Å². The average molecular weight is 384 g/mol. The summed E-state index contributed by atoms with van der Waals surface area (Å²) in [5, 5.41) is 7.56. The number of guanidine groups is 1. The van der Waals surface area contributed by atoms with E-state index in [0.29, 0.717) is 6.54 Å². The number of hydrogen-bond donors (Lipinski definition) is 1. The monoisotopic (exact) mass is 384 g/mol. The van der Waals surface area contributed by atoms with Crippen LogP contribution >= 0.6 is 24.0 Å². The zero-order chi connectivity index (χ0) is 13.1. The molecule has 0 radical (unpaired) electrons. The SMILES string of the molecule is CN1CCN=C1NCc1ncnn1-c1ccccc1.I. The van der Waals surface area contributed by atoms with Crippen molar-refractivity contribution in [1.29, 1.82) is 0 Å². The van der Waals surface area contributed by atoms with E-state index in [0.717, 1.165) is 30.6 Å². The zero-order valence-corrected chi connectivity index (χ0v) is 13.6. The molecule has 1 aliphatic heterocycles. The Labute approximate surface area is 134 Å². The Kier molecular flexibility index (Phi) is 4.94. The number of hydrogen-bond acceptors (Lipinski definition) is 5. The minimum absolute atomic E-state index is 0. The summed E-state index contributed by atoms with van der Waals surface area (Å²) in [5.74, 6) is 1.79. The topological polar surface area (TPSA) is 58.3 Å². The van der Waals surface area contributed by atoms with Crippen LogP contribution in [0.2, 0.25) is 0 Å². The van der Waals surface area contributed by atoms with Crippen molar-refractivity contribution in [1.82, 2.24) is 25.0 Å². The summed E-state index contributed by atoms with van der Waals surface area (Å²) in [5.41, 5.74) is 1.01. The summed E-state index contributed by atoms with van der Waals surface area (Å²) >= 11 is 0. The predicted molar refractivity (Wildman–Crippen MR) is 88.5 cm³/mol. The molecule has 1 aliphatic rings. The number of aliphatic imine (C=N–C) groups is 1. The molecule has 0 saturated carbocycles. The molecule has 0 saturated heterocycles. The highest BCUT2D eigenvalue weighted by atomic mass is 127. The van der Waals surface area contributed by atoms with E-state index < -0.39 is 0 Å². The summed E-state index contributed by atoms with van der Waals surface area (Å²) in [6, 6.07) is 9.99. The quantitative estimate of drug-likeness (QED) is 0.811. The van der Waals surface area contributed by atoms with E-state index >= 15 is 0 Å². The number of nitrogens with zero attached hydrogens (tertiary/aromatic N) is 5. The van der Waals surface area contributed by atoms with E-state index in [1.54, 1.807) is 6.33 Å². The molecule has 6 nitrogen and oxygen atoms in total. The maximum absolute atomic E-state index is 4.39. The van der Waals surface area contributed by atoms with Gasteiger partial charge in [0, 0.05) is 13.6 Å². The van der Waals surface area contributed by atoms with Crippen molar-refractivity contribution in [2.75, 3.05) is 20.1 Å². The highest BCUT2D eigenvalue weighted by molar-refractivity contribution is 14.0. The normalized spacial score (nSPS) is 13.8. The van der Waals surface area contributed by atoms with Crippen LogP contribution in [0.15, 0.2) is 41.7 Å². The fraction of sp³-hybridized carbons (Fsp3) is 0.308. The van der Waals surface area contributed by atoms with Crippen molar-refractivity contribution >= 4 is 29.9 Å². The number of para-hydroxylation sites is 1. The van der Waals surface area contributed by atoms with Crippen molar-refractivity contribution in [3.63, 3.8) is 0 Å². The number of aromatic nitrogens is 3. The predicted octanol–water partition coefficient (Wildman–Crippen LogP) is 1.28. The van der Waals surface area contributed by atoms with E-state index in [1.807, 2.05) is 42.1 Å². The van der Waals surface area contributed by atoms with Gasteiger partial charge >= 0.3 is 0 Å². The second-order valence-electron chi connectivity index (χ2n) is 4.40. The highest BCUT2D eigenvalue weighted by Crippen LogP contribution is 2.07. The zero-order valence-electron chi connectivity index (χ0n) is 11.2. The first-order valence-electron chi connectivity index (χ1n) is 6.28. The van der Waals surface area contributed by atoms with Crippen molar-refractivity contribution in [3.05, 3.63) is 42.5 Å². The minimum atomic E-state index is 0. The van der Waals surface area contributed by atoms with Crippen LogP contribution in [0.25, 0.3) is 5.69 Å². The molecule has 1 aromatic carbocycles. The van der Waals surface area contributed by atoms with Gasteiger partial charge in [0.25, 0.3) is 0 Å². The van der Waals surface area contributed by atoms with Gasteiger partial charge in [-0.3, -0.25) is 4.99 Å². The Morgan fingerprint density at radius 2 is 2.05 bits per heavy atom. The van der Waals surface area contributed by atoms with Gasteiger partial charge in [0.05, 0.1) is 18.8 Å². The van der Waals surface area contributed by atoms with Crippen molar-refractivity contribution < 1.29 is 0 Å². The Morgan fingerprint density at radius 1 is 1.25 bits per heavy atom. The van der Waals surface area contributed by atoms with E-state index in [-0.39, 0.29) is 24.0 Å². The molecule has 0 fully saturated rings. The van der Waals surface area contributed by atoms with Crippen LogP contribution in [0.3, 0.4) is 0 Å². The van der Waals surface area contributed by atoms with Crippen LogP contribution in [0.1, 0.15) is 5.82 Å². The van der Waals surface area contributed by atoms with E-state index in [9.17, 15) is 0 Å². The molecule has 0 aliphatic carbocycles. The van der Waals surface area contributed by atoms with Crippen molar-refractivity contribution in [3.8, 4) is 5.69 Å². The molecule has 2 aromatic rings. The van der Waals surface area contributed by atoms with Gasteiger partial charge in [-0.15, -0.1) is 24.0 Å². The van der Waals surface area contributed by atoms with Gasteiger partial charge in [-0.1, -0.05) is 18.2 Å². The Hall–Kier alpha value is -1.64. The smallest absolute Gasteiger partial charge is 0.194 e. The molecule has 106 valence electrons. The second kappa shape index (κ2) is 6.69. The van der Waals surface area contributed by atoms with E-state index in [4.69, 9.17) is 0 Å². The molecule has 7 heteroatoms. The average Bonchev–Trinajstić information content (AvgIpc) is 3.06. The first-order valence-corrected chi connectivity index (χ1v) is 6.28. The maximum Gasteiger partial charge on any atom is 0.194 e. The third-order valence-corrected chi connectivity index (χ3v) is 3.08. The van der Waals surface area contributed by atoms with Crippen LogP contribution in [0.4, 0.5) is 0 Å². The lowest BCUT2D eigenvalue weighted by molar-refractivity contribution is 0.531. The largest absolute Gasteiger partial charge is 0.349 e. The molecule has 0 bridgehead atoms. The maximum atomic E-state index is 4.39. The van der Waals surface area contributed by atoms with Gasteiger partial charge in [-0.25, -0.2) is 9.67 Å². The molecule has 0 amide bonds. The molecule has 20 heavy (non-hydrogen) atoms. The molecule has 0 spiro atoms. The summed E-state index contributed by atoms with van der Waals surface area (Å²) in [6.45, 7) is 2.43. The fourth-order valence-corrected chi connectivity index (χ4v) is 2.05. The number of benzene rings is 1. The molecular weight excluding hydrogens is 367 g/mol. The third kappa shape index (κ3) is 3.09. The highest BCUT2D eigenvalue weighted by Gasteiger charge is 2.13. The molecule has 3 rings (SSSR count). The van der Waals surface area contributed by atoms with Gasteiger partial charge in [-0.05, 0) is 12.1 Å². The Morgan fingerprint density at radius 3 is 2.75 bits per heavy atom. The van der Waals surface area contributed by atoms with E-state index in [1.165, 1.54) is 0 Å². The first-order chi connectivity index (χ1) is 9.34. The molecular formula is C13H17IN6. The number of halogens is 1. The van der Waals surface area contributed by atoms with Gasteiger partial charge in [0.2, 0.25) is 0 Å². The van der Waals surface area contributed by atoms with Crippen LogP contribution in [-0.2, 0) is 6.54 Å². The lowest BCUT2D eigenvalue weighted by Crippen LogP contribution is -2.35. The van der Waals surface area contributed by atoms with Gasteiger partial charge in [0.1, 0.15) is 6.33 Å². The molecule has 1 aromatic heterocycles. The second-order valence-corrected chi connectivity index (χ2v) is 4.40. The van der Waals surface area contributed by atoms with Gasteiger partial charge in [0.15, 0.2) is 11.8 Å². The Balaban J connectivity index is 0.00000147. The molecule has 0 unspecified atom stereocenters. The minimum Gasteiger partial charge on any atom is -0.349 e. The van der Waals surface area contributed by atoms with Crippen LogP contribution in [0, 0.1) is 0 Å². The lowest BCUT2D eigenvalue weighted by Gasteiger charge is -2.15. The summed E-state index contributed by atoms with van der Waals surface area (Å²) < 4.78 is 1.84. The number of nitrogens with one attached hydrogen (secondary N) is 1. The summed E-state index contributed by atoms with van der Waals surface area (Å²) in [6.07, 6.45) is 1.57. The van der Waals surface area contributed by atoms with Gasteiger partial charge in [-0.2, -0.15) is 5.10 Å². The summed E-state index contributed by atoms with van der Waals surface area (Å²) in [7, 11) is 2.03. The molecule has 1 N–H and O–H groups in total. The fourth-order valence-electron chi connectivity index (χ4n) is 2.05.